The molecule has 0 saturated carbocycles. The highest BCUT2D eigenvalue weighted by Crippen LogP contribution is 2.29. The molecular weight excluding hydrogens is 320 g/mol. The molecule has 4 aromatic rings. The maximum atomic E-state index is 12.8. The second-order valence-corrected chi connectivity index (χ2v) is 6.22. The minimum Gasteiger partial charge on any atom is -0.267 e. The van der Waals surface area contributed by atoms with Crippen molar-refractivity contribution in [2.45, 2.75) is 6.92 Å². The average Bonchev–Trinajstić information content (AvgIpc) is 2.70. The molecule has 0 aliphatic rings. The van der Waals surface area contributed by atoms with Crippen LogP contribution in [0, 0.1) is 6.92 Å². The topological polar surface area (TPSA) is 34.9 Å². The second kappa shape index (κ2) is 6.81. The van der Waals surface area contributed by atoms with Crippen molar-refractivity contribution < 1.29 is 0 Å². The lowest BCUT2D eigenvalue weighted by molar-refractivity contribution is 0.814. The van der Waals surface area contributed by atoms with Gasteiger partial charge in [-0.05, 0) is 24.6 Å². The van der Waals surface area contributed by atoms with Crippen LogP contribution in [-0.2, 0) is 0 Å². The fourth-order valence-electron chi connectivity index (χ4n) is 2.97. The van der Waals surface area contributed by atoms with Crippen LogP contribution in [0.1, 0.15) is 5.56 Å². The van der Waals surface area contributed by atoms with E-state index >= 15 is 0 Å². The van der Waals surface area contributed by atoms with Crippen LogP contribution in [0.2, 0.25) is 0 Å². The van der Waals surface area contributed by atoms with Crippen molar-refractivity contribution in [2.75, 3.05) is 0 Å². The first kappa shape index (κ1) is 16.0. The Hall–Kier alpha value is -3.46. The quantitative estimate of drug-likeness (QED) is 0.534. The molecule has 0 spiro atoms. The molecule has 0 aliphatic heterocycles. The van der Waals surface area contributed by atoms with Crippen molar-refractivity contribution >= 4 is 0 Å². The Balaban J connectivity index is 1.99. The normalized spacial score (nSPS) is 10.7. The molecule has 0 fully saturated rings. The van der Waals surface area contributed by atoms with Crippen molar-refractivity contribution in [3.05, 3.63) is 107 Å². The molecule has 26 heavy (non-hydrogen) atoms. The van der Waals surface area contributed by atoms with E-state index in [1.165, 1.54) is 10.2 Å². The molecule has 0 amide bonds. The first-order valence-corrected chi connectivity index (χ1v) is 8.55. The molecule has 0 unspecified atom stereocenters. The zero-order valence-electron chi connectivity index (χ0n) is 14.5. The Morgan fingerprint density at radius 3 is 2.00 bits per heavy atom. The summed E-state index contributed by atoms with van der Waals surface area (Å²) >= 11 is 0. The molecule has 0 N–H and O–H groups in total. The van der Waals surface area contributed by atoms with E-state index in [-0.39, 0.29) is 5.56 Å². The third-order valence-corrected chi connectivity index (χ3v) is 4.34. The third-order valence-electron chi connectivity index (χ3n) is 4.34. The molecular formula is C23H18N2O. The average molecular weight is 338 g/mol. The number of hydrogen-bond donors (Lipinski definition) is 0. The summed E-state index contributed by atoms with van der Waals surface area (Å²) in [6, 6.07) is 29.3. The summed E-state index contributed by atoms with van der Waals surface area (Å²) in [5.74, 6) is 0. The second-order valence-electron chi connectivity index (χ2n) is 6.22. The van der Waals surface area contributed by atoms with Gasteiger partial charge in [-0.25, -0.2) is 0 Å². The molecule has 0 radical (unpaired) electrons. The van der Waals surface area contributed by atoms with Gasteiger partial charge in [-0.2, -0.15) is 9.78 Å². The maximum Gasteiger partial charge on any atom is 0.272 e. The number of rotatable bonds is 3. The number of hydrogen-bond acceptors (Lipinski definition) is 2. The van der Waals surface area contributed by atoms with Crippen molar-refractivity contribution in [3.63, 3.8) is 0 Å². The van der Waals surface area contributed by atoms with Crippen molar-refractivity contribution in [1.29, 1.82) is 0 Å². The van der Waals surface area contributed by atoms with Crippen molar-refractivity contribution in [1.82, 2.24) is 9.78 Å². The van der Waals surface area contributed by atoms with Gasteiger partial charge in [0.1, 0.15) is 0 Å². The summed E-state index contributed by atoms with van der Waals surface area (Å²) in [6.07, 6.45) is 0. The Morgan fingerprint density at radius 2 is 1.35 bits per heavy atom. The number of benzene rings is 3. The van der Waals surface area contributed by atoms with Gasteiger partial charge in [0.05, 0.1) is 11.4 Å². The lowest BCUT2D eigenvalue weighted by Crippen LogP contribution is -2.21. The van der Waals surface area contributed by atoms with Gasteiger partial charge < -0.3 is 0 Å². The predicted octanol–water partition coefficient (Wildman–Crippen LogP) is 4.87. The number of aryl methyl sites for hydroxylation is 1. The molecule has 4 rings (SSSR count). The van der Waals surface area contributed by atoms with Gasteiger partial charge in [0.2, 0.25) is 0 Å². The summed E-state index contributed by atoms with van der Waals surface area (Å²) < 4.78 is 1.46. The summed E-state index contributed by atoms with van der Waals surface area (Å²) in [5.41, 5.74) is 5.39. The van der Waals surface area contributed by atoms with Crippen molar-refractivity contribution in [3.8, 4) is 28.1 Å². The SMILES string of the molecule is Cc1ccc(-c2nn(-c3ccccc3)c(=O)cc2-c2ccccc2)cc1. The summed E-state index contributed by atoms with van der Waals surface area (Å²) in [5, 5.41) is 4.72. The fraction of sp³-hybridized carbons (Fsp3) is 0.0435. The number of para-hydroxylation sites is 1. The first-order valence-electron chi connectivity index (χ1n) is 8.55. The third kappa shape index (κ3) is 3.07. The number of aromatic nitrogens is 2. The van der Waals surface area contributed by atoms with Crippen LogP contribution in [0.4, 0.5) is 0 Å². The summed E-state index contributed by atoms with van der Waals surface area (Å²) in [6.45, 7) is 2.06. The van der Waals surface area contributed by atoms with Crippen molar-refractivity contribution in [2.24, 2.45) is 0 Å². The molecule has 3 nitrogen and oxygen atoms in total. The van der Waals surface area contributed by atoms with E-state index in [1.807, 2.05) is 72.8 Å². The maximum absolute atomic E-state index is 12.8. The van der Waals surface area contributed by atoms with Gasteiger partial charge in [0.15, 0.2) is 0 Å². The van der Waals surface area contributed by atoms with Crippen LogP contribution < -0.4 is 5.56 Å². The molecule has 1 aromatic heterocycles. The van der Waals surface area contributed by atoms with E-state index < -0.39 is 0 Å². The zero-order valence-corrected chi connectivity index (χ0v) is 14.5. The van der Waals surface area contributed by atoms with E-state index in [0.717, 1.165) is 28.1 Å². The van der Waals surface area contributed by atoms with Crippen LogP contribution in [-0.4, -0.2) is 9.78 Å². The van der Waals surface area contributed by atoms with Gasteiger partial charge in [-0.3, -0.25) is 4.79 Å². The molecule has 0 saturated heterocycles. The largest absolute Gasteiger partial charge is 0.272 e. The monoisotopic (exact) mass is 338 g/mol. The fourth-order valence-corrected chi connectivity index (χ4v) is 2.97. The molecule has 126 valence electrons. The Labute approximate surface area is 152 Å². The lowest BCUT2D eigenvalue weighted by atomic mass is 9.99. The van der Waals surface area contributed by atoms with E-state index in [9.17, 15) is 4.79 Å². The van der Waals surface area contributed by atoms with E-state index in [0.29, 0.717) is 0 Å². The molecule has 0 atom stereocenters. The standard InChI is InChI=1S/C23H18N2O/c1-17-12-14-19(15-13-17)23-21(18-8-4-2-5-9-18)16-22(26)25(24-23)20-10-6-3-7-11-20/h2-16H,1H3. The van der Waals surface area contributed by atoms with E-state index in [2.05, 4.69) is 19.1 Å². The van der Waals surface area contributed by atoms with Crippen LogP contribution in [0.3, 0.4) is 0 Å². The van der Waals surface area contributed by atoms with Gasteiger partial charge >= 0.3 is 0 Å². The zero-order chi connectivity index (χ0) is 17.9. The molecule has 1 heterocycles. The highest BCUT2D eigenvalue weighted by atomic mass is 16.1. The van der Waals surface area contributed by atoms with E-state index in [1.54, 1.807) is 6.07 Å². The molecule has 3 aromatic carbocycles. The lowest BCUT2D eigenvalue weighted by Gasteiger charge is -2.13. The minimum absolute atomic E-state index is 0.147. The first-order chi connectivity index (χ1) is 12.7. The smallest absolute Gasteiger partial charge is 0.267 e. The van der Waals surface area contributed by atoms with E-state index in [4.69, 9.17) is 5.10 Å². The van der Waals surface area contributed by atoms with Gasteiger partial charge in [-0.15, -0.1) is 0 Å². The molecule has 0 bridgehead atoms. The van der Waals surface area contributed by atoms with Crippen LogP contribution in [0.25, 0.3) is 28.1 Å². The molecule has 0 aliphatic carbocycles. The molecule has 3 heteroatoms. The minimum atomic E-state index is -0.147. The van der Waals surface area contributed by atoms with Crippen LogP contribution in [0.15, 0.2) is 95.8 Å². The Bertz CT molecular complexity index is 1080. The van der Waals surface area contributed by atoms with Crippen LogP contribution in [0.5, 0.6) is 0 Å². The summed E-state index contributed by atoms with van der Waals surface area (Å²) in [7, 11) is 0. The summed E-state index contributed by atoms with van der Waals surface area (Å²) in [4.78, 5) is 12.8. The van der Waals surface area contributed by atoms with Gasteiger partial charge in [0.25, 0.3) is 5.56 Å². The predicted molar refractivity (Wildman–Crippen MR) is 105 cm³/mol. The Kier molecular flexibility index (Phi) is 4.20. The van der Waals surface area contributed by atoms with Gasteiger partial charge in [0, 0.05) is 17.2 Å². The van der Waals surface area contributed by atoms with Gasteiger partial charge in [-0.1, -0.05) is 78.4 Å². The van der Waals surface area contributed by atoms with Crippen LogP contribution >= 0.6 is 0 Å². The Morgan fingerprint density at radius 1 is 0.731 bits per heavy atom. The highest BCUT2D eigenvalue weighted by molar-refractivity contribution is 5.80. The number of nitrogens with zero attached hydrogens (tertiary/aromatic N) is 2. The highest BCUT2D eigenvalue weighted by Gasteiger charge is 2.13.